The zero-order chi connectivity index (χ0) is 29.7. The predicted octanol–water partition coefficient (Wildman–Crippen LogP) is 6.68. The summed E-state index contributed by atoms with van der Waals surface area (Å²) >= 11 is 6.75. The number of hydrogen-bond donors (Lipinski definition) is 4. The lowest BCUT2D eigenvalue weighted by Crippen LogP contribution is -2.48. The van der Waals surface area contributed by atoms with Gasteiger partial charge in [-0.3, -0.25) is 9.99 Å². The minimum atomic E-state index is -2.52. The van der Waals surface area contributed by atoms with Gasteiger partial charge in [0, 0.05) is 40.8 Å². The van der Waals surface area contributed by atoms with Crippen molar-refractivity contribution in [1.29, 1.82) is 0 Å². The molecule has 0 saturated heterocycles. The Morgan fingerprint density at radius 2 is 1.93 bits per heavy atom. The van der Waals surface area contributed by atoms with E-state index in [0.717, 1.165) is 11.1 Å². The molecule has 0 unspecified atom stereocenters. The number of aromatic nitrogens is 2. The molecule has 2 atom stereocenters. The summed E-state index contributed by atoms with van der Waals surface area (Å²) in [5.41, 5.74) is 8.76. The summed E-state index contributed by atoms with van der Waals surface area (Å²) in [6.45, 7) is 10.2. The third kappa shape index (κ3) is 5.48. The normalized spacial score (nSPS) is 17.6. The van der Waals surface area contributed by atoms with Crippen LogP contribution in [0.25, 0.3) is 10.9 Å². The van der Waals surface area contributed by atoms with Gasteiger partial charge >= 0.3 is 0 Å². The topological polar surface area (TPSA) is 77.1 Å². The van der Waals surface area contributed by atoms with Gasteiger partial charge in [-0.15, -0.1) is 12.0 Å². The fraction of sp³-hybridized carbons (Fsp3) is 0.400. The Kier molecular flexibility index (Phi) is 7.47. The molecule has 3 aromatic rings. The molecule has 216 valence electrons. The van der Waals surface area contributed by atoms with Crippen LogP contribution in [0.1, 0.15) is 63.4 Å². The maximum absolute atomic E-state index is 13.9. The molecule has 41 heavy (non-hydrogen) atoms. The van der Waals surface area contributed by atoms with Crippen LogP contribution in [0.3, 0.4) is 0 Å². The first-order valence-corrected chi connectivity index (χ1v) is 13.8. The number of pyridine rings is 2. The van der Waals surface area contributed by atoms with Gasteiger partial charge < -0.3 is 16.1 Å². The number of nitrogens with one attached hydrogen (secondary N) is 4. The van der Waals surface area contributed by atoms with E-state index in [4.69, 9.17) is 18.0 Å². The fourth-order valence-corrected chi connectivity index (χ4v) is 5.05. The standard InChI is InChI=1S/C30H33ClF3N7/c1-7-18-14-35-26-21(25(18)37-17(3)29(4,5)6)12-19(13-22(26)31)38-27(20-8-9-24(32)36-16(20)2)23-15-41(40-39-23)30(10-11-30)28(33)34/h1,8-9,12-15,17,27-28,38-40H,10-11H2,2-6H3,(H,35,37)/t17-,27+/m1/s1. The molecule has 1 aromatic carbocycles. The highest BCUT2D eigenvalue weighted by molar-refractivity contribution is 6.35. The molecule has 1 aliphatic carbocycles. The van der Waals surface area contributed by atoms with Gasteiger partial charge in [0.2, 0.25) is 5.95 Å². The van der Waals surface area contributed by atoms with Crippen LogP contribution in [-0.2, 0) is 0 Å². The zero-order valence-electron chi connectivity index (χ0n) is 23.5. The lowest BCUT2D eigenvalue weighted by Gasteiger charge is -2.30. The SMILES string of the molecule is C#Cc1cnc2c(Cl)cc(N[C@H](C3=CN(C4(C(F)F)CC4)NN3)c3ccc(F)nc3C)cc2c1N[C@H](C)C(C)(C)C. The second-order valence-corrected chi connectivity index (χ2v) is 12.2. The molecule has 2 aromatic heterocycles. The lowest BCUT2D eigenvalue weighted by atomic mass is 9.87. The minimum Gasteiger partial charge on any atom is -0.380 e. The molecule has 2 aliphatic rings. The van der Waals surface area contributed by atoms with Crippen LogP contribution in [0.2, 0.25) is 5.02 Å². The van der Waals surface area contributed by atoms with Gasteiger partial charge in [-0.25, -0.2) is 13.8 Å². The molecule has 4 N–H and O–H groups in total. The van der Waals surface area contributed by atoms with Crippen molar-refractivity contribution in [2.75, 3.05) is 10.6 Å². The van der Waals surface area contributed by atoms with Crippen molar-refractivity contribution >= 4 is 33.9 Å². The van der Waals surface area contributed by atoms with Gasteiger partial charge in [-0.1, -0.05) is 44.4 Å². The summed E-state index contributed by atoms with van der Waals surface area (Å²) in [7, 11) is 0. The van der Waals surface area contributed by atoms with E-state index >= 15 is 0 Å². The van der Waals surface area contributed by atoms with Gasteiger partial charge in [0.1, 0.15) is 5.54 Å². The second kappa shape index (κ2) is 10.6. The molecule has 3 heterocycles. The van der Waals surface area contributed by atoms with E-state index in [9.17, 15) is 13.2 Å². The van der Waals surface area contributed by atoms with E-state index in [1.54, 1.807) is 31.5 Å². The van der Waals surface area contributed by atoms with E-state index in [-0.39, 0.29) is 11.5 Å². The van der Waals surface area contributed by atoms with Crippen molar-refractivity contribution < 1.29 is 13.2 Å². The number of fused-ring (bicyclic) bond motifs is 1. The van der Waals surface area contributed by atoms with Crippen molar-refractivity contribution in [2.45, 2.75) is 71.5 Å². The van der Waals surface area contributed by atoms with Crippen molar-refractivity contribution in [3.8, 4) is 12.3 Å². The van der Waals surface area contributed by atoms with Gasteiger partial charge in [0.15, 0.2) is 0 Å². The molecule has 0 amide bonds. The van der Waals surface area contributed by atoms with Crippen LogP contribution in [-0.4, -0.2) is 33.0 Å². The van der Waals surface area contributed by atoms with Gasteiger partial charge in [-0.05, 0) is 50.3 Å². The number of anilines is 2. The molecular formula is C30H33ClF3N7. The summed E-state index contributed by atoms with van der Waals surface area (Å²) in [6.07, 6.45) is 7.31. The van der Waals surface area contributed by atoms with Crippen LogP contribution in [0.15, 0.2) is 42.4 Å². The summed E-state index contributed by atoms with van der Waals surface area (Å²) in [5, 5.41) is 9.56. The maximum atomic E-state index is 13.9. The lowest BCUT2D eigenvalue weighted by molar-refractivity contribution is 0.00911. The number of alkyl halides is 2. The molecule has 11 heteroatoms. The average molecular weight is 584 g/mol. The average Bonchev–Trinajstić information content (AvgIpc) is 3.58. The zero-order valence-corrected chi connectivity index (χ0v) is 24.3. The number of rotatable bonds is 8. The summed E-state index contributed by atoms with van der Waals surface area (Å²) in [6, 6.07) is 5.98. The first-order chi connectivity index (χ1) is 19.3. The summed E-state index contributed by atoms with van der Waals surface area (Å²) in [4.78, 5) is 8.51. The van der Waals surface area contributed by atoms with Crippen LogP contribution in [0.5, 0.6) is 0 Å². The molecular weight excluding hydrogens is 551 g/mol. The van der Waals surface area contributed by atoms with Crippen LogP contribution in [0.4, 0.5) is 24.5 Å². The van der Waals surface area contributed by atoms with E-state index < -0.39 is 24.0 Å². The van der Waals surface area contributed by atoms with Gasteiger partial charge in [0.05, 0.1) is 33.5 Å². The highest BCUT2D eigenvalue weighted by atomic mass is 35.5. The quantitative estimate of drug-likeness (QED) is 0.174. The number of aryl methyl sites for hydroxylation is 1. The molecule has 0 bridgehead atoms. The third-order valence-corrected chi connectivity index (χ3v) is 8.29. The Labute approximate surface area is 242 Å². The minimum absolute atomic E-state index is 0.0596. The predicted molar refractivity (Wildman–Crippen MR) is 157 cm³/mol. The smallest absolute Gasteiger partial charge is 0.262 e. The Morgan fingerprint density at radius 3 is 2.54 bits per heavy atom. The van der Waals surface area contributed by atoms with E-state index in [2.05, 4.69) is 65.2 Å². The summed E-state index contributed by atoms with van der Waals surface area (Å²) in [5.74, 6) is 2.10. The van der Waals surface area contributed by atoms with Crippen LogP contribution >= 0.6 is 11.6 Å². The number of nitrogens with zero attached hydrogens (tertiary/aromatic N) is 3. The van der Waals surface area contributed by atoms with Crippen LogP contribution < -0.4 is 21.6 Å². The first kappa shape index (κ1) is 28.8. The summed E-state index contributed by atoms with van der Waals surface area (Å²) < 4.78 is 41.6. The van der Waals surface area contributed by atoms with E-state index in [0.29, 0.717) is 51.6 Å². The molecule has 0 radical (unpaired) electrons. The number of terminal acetylenes is 1. The number of halogens is 4. The molecule has 7 nitrogen and oxygen atoms in total. The van der Waals surface area contributed by atoms with E-state index in [1.807, 2.05) is 6.07 Å². The monoisotopic (exact) mass is 583 g/mol. The van der Waals surface area contributed by atoms with Crippen molar-refractivity contribution in [3.63, 3.8) is 0 Å². The van der Waals surface area contributed by atoms with E-state index in [1.165, 1.54) is 11.1 Å². The molecule has 0 spiro atoms. The second-order valence-electron chi connectivity index (χ2n) is 11.8. The number of hydrazine groups is 2. The highest BCUT2D eigenvalue weighted by Crippen LogP contribution is 2.47. The Morgan fingerprint density at radius 1 is 1.20 bits per heavy atom. The Bertz CT molecular complexity index is 1560. The van der Waals surface area contributed by atoms with Crippen molar-refractivity contribution in [3.05, 3.63) is 70.2 Å². The third-order valence-electron chi connectivity index (χ3n) is 8.00. The van der Waals surface area contributed by atoms with Gasteiger partial charge in [0.25, 0.3) is 6.43 Å². The Hall–Kier alpha value is -3.68. The van der Waals surface area contributed by atoms with Crippen LogP contribution in [0, 0.1) is 30.6 Å². The first-order valence-electron chi connectivity index (χ1n) is 13.4. The number of hydrogen-bond acceptors (Lipinski definition) is 7. The van der Waals surface area contributed by atoms with Crippen molar-refractivity contribution in [2.24, 2.45) is 5.41 Å². The highest BCUT2D eigenvalue weighted by Gasteiger charge is 2.56. The fourth-order valence-electron chi connectivity index (χ4n) is 4.78. The largest absolute Gasteiger partial charge is 0.380 e. The molecule has 1 aliphatic heterocycles. The maximum Gasteiger partial charge on any atom is 0.262 e. The number of benzene rings is 1. The molecule has 1 saturated carbocycles. The van der Waals surface area contributed by atoms with Gasteiger partial charge in [-0.2, -0.15) is 4.39 Å². The Balaban J connectivity index is 1.59. The van der Waals surface area contributed by atoms with Crippen molar-refractivity contribution in [1.82, 2.24) is 25.9 Å². The molecule has 1 fully saturated rings. The molecule has 5 rings (SSSR count).